The summed E-state index contributed by atoms with van der Waals surface area (Å²) in [6, 6.07) is 7.33. The first-order valence-corrected chi connectivity index (χ1v) is 4.17. The van der Waals surface area contributed by atoms with Crippen LogP contribution in [0.25, 0.3) is 0 Å². The van der Waals surface area contributed by atoms with E-state index in [0.29, 0.717) is 24.5 Å². The van der Waals surface area contributed by atoms with Crippen LogP contribution in [0.4, 0.5) is 0 Å². The first kappa shape index (κ1) is 12.8. The number of hydrogen-bond acceptors (Lipinski definition) is 3. The monoisotopic (exact) mass is 212 g/mol. The molecule has 2 N–H and O–H groups in total. The smallest absolute Gasteiger partial charge is 0.125 e. The Bertz CT molecular complexity index is 333. The normalized spacial score (nSPS) is 8.64. The van der Waals surface area contributed by atoms with Crippen LogP contribution in [-0.2, 0) is 6.54 Å². The number of nitriles is 1. The van der Waals surface area contributed by atoms with Gasteiger partial charge in [0.25, 0.3) is 0 Å². The van der Waals surface area contributed by atoms with Gasteiger partial charge in [-0.2, -0.15) is 5.26 Å². The van der Waals surface area contributed by atoms with E-state index in [-0.39, 0.29) is 12.4 Å². The summed E-state index contributed by atoms with van der Waals surface area (Å²) >= 11 is 0. The van der Waals surface area contributed by atoms with Crippen LogP contribution in [0, 0.1) is 11.3 Å². The van der Waals surface area contributed by atoms with E-state index in [1.54, 1.807) is 12.1 Å². The molecule has 0 unspecified atom stereocenters. The first-order chi connectivity index (χ1) is 6.31. The highest BCUT2D eigenvalue weighted by Gasteiger charge is 2.02. The zero-order valence-corrected chi connectivity index (χ0v) is 8.80. The molecule has 1 aromatic rings. The van der Waals surface area contributed by atoms with Crippen LogP contribution in [0.5, 0.6) is 5.75 Å². The Morgan fingerprint density at radius 2 is 2.21 bits per heavy atom. The maximum Gasteiger partial charge on any atom is 0.125 e. The van der Waals surface area contributed by atoms with Crippen molar-refractivity contribution in [1.82, 2.24) is 0 Å². The number of nitrogens with zero attached hydrogens (tertiary/aromatic N) is 1. The van der Waals surface area contributed by atoms with Gasteiger partial charge in [-0.05, 0) is 19.1 Å². The fourth-order valence-corrected chi connectivity index (χ4v) is 1.08. The van der Waals surface area contributed by atoms with Crippen molar-refractivity contribution in [2.75, 3.05) is 6.61 Å². The van der Waals surface area contributed by atoms with Crippen molar-refractivity contribution < 1.29 is 4.74 Å². The standard InChI is InChI=1S/C10H12N2O.ClH/c1-2-13-10-5-8(6-11)3-4-9(10)7-12;/h3-5H,2,7,12H2,1H3;1H. The number of rotatable bonds is 3. The van der Waals surface area contributed by atoms with Gasteiger partial charge >= 0.3 is 0 Å². The number of halogens is 1. The van der Waals surface area contributed by atoms with E-state index in [1.165, 1.54) is 0 Å². The van der Waals surface area contributed by atoms with E-state index in [9.17, 15) is 0 Å². The zero-order chi connectivity index (χ0) is 9.68. The van der Waals surface area contributed by atoms with Crippen molar-refractivity contribution in [3.05, 3.63) is 29.3 Å². The minimum absolute atomic E-state index is 0. The van der Waals surface area contributed by atoms with Crippen LogP contribution >= 0.6 is 12.4 Å². The molecule has 3 nitrogen and oxygen atoms in total. The van der Waals surface area contributed by atoms with Crippen molar-refractivity contribution in [3.63, 3.8) is 0 Å². The highest BCUT2D eigenvalue weighted by atomic mass is 35.5. The average molecular weight is 213 g/mol. The second kappa shape index (κ2) is 6.25. The third-order valence-electron chi connectivity index (χ3n) is 1.72. The van der Waals surface area contributed by atoms with Crippen molar-refractivity contribution in [2.24, 2.45) is 5.73 Å². The van der Waals surface area contributed by atoms with E-state index in [1.807, 2.05) is 13.0 Å². The maximum atomic E-state index is 8.66. The van der Waals surface area contributed by atoms with Crippen LogP contribution < -0.4 is 10.5 Å². The minimum atomic E-state index is 0. The molecule has 0 aliphatic rings. The summed E-state index contributed by atoms with van der Waals surface area (Å²) in [5, 5.41) is 8.66. The molecule has 4 heteroatoms. The van der Waals surface area contributed by atoms with Crippen molar-refractivity contribution in [1.29, 1.82) is 5.26 Å². The summed E-state index contributed by atoms with van der Waals surface area (Å²) in [6.07, 6.45) is 0. The molecule has 0 aromatic heterocycles. The van der Waals surface area contributed by atoms with Crippen molar-refractivity contribution in [3.8, 4) is 11.8 Å². The van der Waals surface area contributed by atoms with E-state index >= 15 is 0 Å². The molecular weight excluding hydrogens is 200 g/mol. The Morgan fingerprint density at radius 3 is 2.71 bits per heavy atom. The molecule has 0 saturated carbocycles. The Balaban J connectivity index is 0.00000169. The Morgan fingerprint density at radius 1 is 1.50 bits per heavy atom. The summed E-state index contributed by atoms with van der Waals surface area (Å²) in [7, 11) is 0. The van der Waals surface area contributed by atoms with Gasteiger partial charge in [0.1, 0.15) is 5.75 Å². The van der Waals surface area contributed by atoms with Gasteiger partial charge in [0.2, 0.25) is 0 Å². The second-order valence-electron chi connectivity index (χ2n) is 2.57. The van der Waals surface area contributed by atoms with E-state index in [0.717, 1.165) is 5.56 Å². The summed E-state index contributed by atoms with van der Waals surface area (Å²) in [4.78, 5) is 0. The molecule has 0 saturated heterocycles. The molecule has 1 rings (SSSR count). The van der Waals surface area contributed by atoms with Crippen LogP contribution in [0.3, 0.4) is 0 Å². The largest absolute Gasteiger partial charge is 0.493 e. The molecule has 0 aliphatic carbocycles. The third-order valence-corrected chi connectivity index (χ3v) is 1.72. The molecule has 0 amide bonds. The molecule has 0 bridgehead atoms. The van der Waals surface area contributed by atoms with Crippen molar-refractivity contribution in [2.45, 2.75) is 13.5 Å². The molecule has 0 aliphatic heterocycles. The van der Waals surface area contributed by atoms with Crippen LogP contribution in [0.1, 0.15) is 18.1 Å². The second-order valence-corrected chi connectivity index (χ2v) is 2.57. The molecule has 0 radical (unpaired) electrons. The van der Waals surface area contributed by atoms with E-state index in [4.69, 9.17) is 15.7 Å². The predicted octanol–water partition coefficient (Wildman–Crippen LogP) is 1.84. The van der Waals surface area contributed by atoms with E-state index < -0.39 is 0 Å². The Hall–Kier alpha value is -1.24. The molecular formula is C10H13ClN2O. The maximum absolute atomic E-state index is 8.66. The van der Waals surface area contributed by atoms with Gasteiger partial charge in [-0.1, -0.05) is 6.07 Å². The molecule has 14 heavy (non-hydrogen) atoms. The molecule has 0 spiro atoms. The van der Waals surface area contributed by atoms with Crippen LogP contribution in [-0.4, -0.2) is 6.61 Å². The summed E-state index contributed by atoms with van der Waals surface area (Å²) in [5.41, 5.74) is 7.04. The highest BCUT2D eigenvalue weighted by molar-refractivity contribution is 5.85. The lowest BCUT2D eigenvalue weighted by molar-refractivity contribution is 0.336. The van der Waals surface area contributed by atoms with Crippen LogP contribution in [0.2, 0.25) is 0 Å². The lowest BCUT2D eigenvalue weighted by Crippen LogP contribution is -2.02. The van der Waals surface area contributed by atoms with Gasteiger partial charge in [-0.25, -0.2) is 0 Å². The number of benzene rings is 1. The number of nitrogens with two attached hydrogens (primary N) is 1. The van der Waals surface area contributed by atoms with Crippen LogP contribution in [0.15, 0.2) is 18.2 Å². The summed E-state index contributed by atoms with van der Waals surface area (Å²) in [5.74, 6) is 0.712. The lowest BCUT2D eigenvalue weighted by Gasteiger charge is -2.08. The Labute approximate surface area is 89.9 Å². The summed E-state index contributed by atoms with van der Waals surface area (Å²) < 4.78 is 5.34. The predicted molar refractivity (Wildman–Crippen MR) is 57.5 cm³/mol. The van der Waals surface area contributed by atoms with E-state index in [2.05, 4.69) is 6.07 Å². The summed E-state index contributed by atoms with van der Waals surface area (Å²) in [6.45, 7) is 2.92. The fourth-order valence-electron chi connectivity index (χ4n) is 1.08. The molecule has 1 aromatic carbocycles. The molecule has 0 heterocycles. The molecule has 76 valence electrons. The SMILES string of the molecule is CCOc1cc(C#N)ccc1CN.Cl. The minimum Gasteiger partial charge on any atom is -0.493 e. The highest BCUT2D eigenvalue weighted by Crippen LogP contribution is 2.19. The van der Waals surface area contributed by atoms with Gasteiger partial charge in [0.15, 0.2) is 0 Å². The number of hydrogen-bond donors (Lipinski definition) is 1. The first-order valence-electron chi connectivity index (χ1n) is 4.17. The quantitative estimate of drug-likeness (QED) is 0.832. The number of ether oxygens (including phenoxy) is 1. The Kier molecular flexibility index (Phi) is 5.70. The van der Waals surface area contributed by atoms with Gasteiger partial charge in [0, 0.05) is 12.1 Å². The third kappa shape index (κ3) is 2.91. The fraction of sp³-hybridized carbons (Fsp3) is 0.300. The van der Waals surface area contributed by atoms with Gasteiger partial charge in [-0.15, -0.1) is 12.4 Å². The molecule has 0 fully saturated rings. The zero-order valence-electron chi connectivity index (χ0n) is 7.99. The van der Waals surface area contributed by atoms with Crippen molar-refractivity contribution >= 4 is 12.4 Å². The lowest BCUT2D eigenvalue weighted by atomic mass is 10.1. The van der Waals surface area contributed by atoms with Gasteiger partial charge in [0.05, 0.1) is 18.2 Å². The van der Waals surface area contributed by atoms with Gasteiger partial charge in [-0.3, -0.25) is 0 Å². The topological polar surface area (TPSA) is 59.0 Å². The van der Waals surface area contributed by atoms with Gasteiger partial charge < -0.3 is 10.5 Å². The average Bonchev–Trinajstić information content (AvgIpc) is 2.18. The molecule has 0 atom stereocenters.